The molecule has 2 aromatic rings. The Labute approximate surface area is 114 Å². The minimum atomic E-state index is 0.0972. The summed E-state index contributed by atoms with van der Waals surface area (Å²) in [6, 6.07) is 16.4. The molecule has 2 unspecified atom stereocenters. The lowest BCUT2D eigenvalue weighted by molar-refractivity contribution is 0.115. The van der Waals surface area contributed by atoms with Crippen molar-refractivity contribution in [1.82, 2.24) is 10.3 Å². The fourth-order valence-corrected chi connectivity index (χ4v) is 1.95. The quantitative estimate of drug-likeness (QED) is 0.863. The smallest absolute Gasteiger partial charge is 0.0752 e. The van der Waals surface area contributed by atoms with Crippen LogP contribution in [0.25, 0.3) is 0 Å². The van der Waals surface area contributed by atoms with E-state index in [1.165, 1.54) is 5.56 Å². The van der Waals surface area contributed by atoms with Crippen molar-refractivity contribution in [2.45, 2.75) is 19.1 Å². The highest BCUT2D eigenvalue weighted by Crippen LogP contribution is 2.19. The number of benzene rings is 1. The fraction of sp³-hybridized carbons (Fsp3) is 0.312. The topological polar surface area (TPSA) is 34.1 Å². The van der Waals surface area contributed by atoms with E-state index in [-0.39, 0.29) is 12.1 Å². The zero-order valence-electron chi connectivity index (χ0n) is 11.4. The van der Waals surface area contributed by atoms with E-state index >= 15 is 0 Å². The number of aromatic nitrogens is 1. The minimum Gasteiger partial charge on any atom is -0.380 e. The monoisotopic (exact) mass is 256 g/mol. The van der Waals surface area contributed by atoms with Gasteiger partial charge >= 0.3 is 0 Å². The first-order valence-corrected chi connectivity index (χ1v) is 6.53. The van der Waals surface area contributed by atoms with Crippen molar-refractivity contribution < 1.29 is 4.74 Å². The summed E-state index contributed by atoms with van der Waals surface area (Å²) in [4.78, 5) is 4.46. The van der Waals surface area contributed by atoms with Crippen molar-refractivity contribution >= 4 is 0 Å². The number of methoxy groups -OCH3 is 1. The van der Waals surface area contributed by atoms with Crippen LogP contribution in [-0.4, -0.2) is 24.7 Å². The molecule has 1 aromatic heterocycles. The van der Waals surface area contributed by atoms with Crippen molar-refractivity contribution in [3.63, 3.8) is 0 Å². The maximum absolute atomic E-state index is 5.29. The molecule has 0 spiro atoms. The summed E-state index contributed by atoms with van der Waals surface area (Å²) in [6.45, 7) is 2.83. The van der Waals surface area contributed by atoms with Crippen LogP contribution in [0.1, 0.15) is 24.2 Å². The molecule has 3 heteroatoms. The van der Waals surface area contributed by atoms with Crippen molar-refractivity contribution in [3.8, 4) is 0 Å². The lowest BCUT2D eigenvalue weighted by Gasteiger charge is -2.20. The van der Waals surface area contributed by atoms with Crippen LogP contribution in [0.3, 0.4) is 0 Å². The van der Waals surface area contributed by atoms with E-state index in [1.807, 2.05) is 49.5 Å². The van der Waals surface area contributed by atoms with Crippen LogP contribution in [0.4, 0.5) is 0 Å². The molecule has 0 amide bonds. The largest absolute Gasteiger partial charge is 0.380 e. The summed E-state index contributed by atoms with van der Waals surface area (Å²) in [6.07, 6.45) is 2.00. The third kappa shape index (κ3) is 3.88. The molecule has 0 fully saturated rings. The normalized spacial score (nSPS) is 14.0. The summed E-state index contributed by atoms with van der Waals surface area (Å²) < 4.78 is 5.29. The molecule has 19 heavy (non-hydrogen) atoms. The number of hydrogen-bond donors (Lipinski definition) is 1. The summed E-state index contributed by atoms with van der Waals surface area (Å²) in [5, 5.41) is 3.52. The fourth-order valence-electron chi connectivity index (χ4n) is 1.95. The van der Waals surface area contributed by atoms with Crippen molar-refractivity contribution in [2.24, 2.45) is 0 Å². The second kappa shape index (κ2) is 7.02. The Morgan fingerprint density at radius 3 is 2.47 bits per heavy atom. The zero-order valence-corrected chi connectivity index (χ0v) is 11.4. The number of pyridine rings is 1. The van der Waals surface area contributed by atoms with Crippen molar-refractivity contribution in [1.29, 1.82) is 0 Å². The number of ether oxygens (including phenoxy) is 1. The maximum atomic E-state index is 5.29. The average molecular weight is 256 g/mol. The van der Waals surface area contributed by atoms with E-state index in [0.29, 0.717) is 0 Å². The Bertz CT molecular complexity index is 433. The Kier molecular flexibility index (Phi) is 5.07. The lowest BCUT2D eigenvalue weighted by Crippen LogP contribution is -2.31. The van der Waals surface area contributed by atoms with Gasteiger partial charge in [0.25, 0.3) is 0 Å². The van der Waals surface area contributed by atoms with Gasteiger partial charge in [0.2, 0.25) is 0 Å². The Morgan fingerprint density at radius 1 is 1.11 bits per heavy atom. The predicted octanol–water partition coefficient (Wildman–Crippen LogP) is 2.80. The summed E-state index contributed by atoms with van der Waals surface area (Å²) in [7, 11) is 1.73. The molecule has 2 atom stereocenters. The summed E-state index contributed by atoms with van der Waals surface area (Å²) in [5.74, 6) is 0. The molecule has 0 bridgehead atoms. The third-order valence-corrected chi connectivity index (χ3v) is 3.13. The molecule has 1 aromatic carbocycles. The van der Waals surface area contributed by atoms with E-state index in [9.17, 15) is 0 Å². The van der Waals surface area contributed by atoms with Crippen molar-refractivity contribution in [2.75, 3.05) is 13.7 Å². The van der Waals surface area contributed by atoms with Gasteiger partial charge in [-0.1, -0.05) is 36.4 Å². The molecular formula is C16H20N2O. The molecule has 0 saturated carbocycles. The zero-order chi connectivity index (χ0) is 13.5. The molecule has 1 N–H and O–H groups in total. The van der Waals surface area contributed by atoms with Gasteiger partial charge in [-0.05, 0) is 24.6 Å². The van der Waals surface area contributed by atoms with Gasteiger partial charge in [0, 0.05) is 19.9 Å². The SMILES string of the molecule is COC(C)CNC(c1ccccc1)c1ccccn1. The number of nitrogens with zero attached hydrogens (tertiary/aromatic N) is 1. The number of hydrogen-bond acceptors (Lipinski definition) is 3. The van der Waals surface area contributed by atoms with E-state index in [0.717, 1.165) is 12.2 Å². The highest BCUT2D eigenvalue weighted by Gasteiger charge is 2.15. The predicted molar refractivity (Wildman–Crippen MR) is 77.0 cm³/mol. The van der Waals surface area contributed by atoms with Gasteiger partial charge in [-0.3, -0.25) is 4.98 Å². The van der Waals surface area contributed by atoms with Crippen LogP contribution < -0.4 is 5.32 Å². The van der Waals surface area contributed by atoms with Gasteiger partial charge in [0.1, 0.15) is 0 Å². The molecule has 100 valence electrons. The van der Waals surface area contributed by atoms with Crippen LogP contribution >= 0.6 is 0 Å². The molecule has 2 rings (SSSR count). The Morgan fingerprint density at radius 2 is 1.84 bits per heavy atom. The minimum absolute atomic E-state index is 0.0972. The first-order valence-electron chi connectivity index (χ1n) is 6.53. The standard InChI is InChI=1S/C16H20N2O/c1-13(19-2)12-18-16(14-8-4-3-5-9-14)15-10-6-7-11-17-15/h3-11,13,16,18H,12H2,1-2H3. The lowest BCUT2D eigenvalue weighted by atomic mass is 10.0. The van der Waals surface area contributed by atoms with Crippen LogP contribution in [0.15, 0.2) is 54.7 Å². The number of rotatable bonds is 6. The highest BCUT2D eigenvalue weighted by molar-refractivity contribution is 5.27. The van der Waals surface area contributed by atoms with Crippen LogP contribution in [0.2, 0.25) is 0 Å². The molecule has 0 aliphatic carbocycles. The van der Waals surface area contributed by atoms with E-state index in [4.69, 9.17) is 4.74 Å². The van der Waals surface area contributed by atoms with Gasteiger partial charge < -0.3 is 10.1 Å². The van der Waals surface area contributed by atoms with Gasteiger partial charge in [-0.25, -0.2) is 0 Å². The molecule has 0 saturated heterocycles. The average Bonchev–Trinajstić information content (AvgIpc) is 2.49. The highest BCUT2D eigenvalue weighted by atomic mass is 16.5. The van der Waals surface area contributed by atoms with E-state index in [2.05, 4.69) is 22.4 Å². The second-order valence-corrected chi connectivity index (χ2v) is 4.55. The Balaban J connectivity index is 2.19. The molecule has 1 heterocycles. The third-order valence-electron chi connectivity index (χ3n) is 3.13. The molecule has 0 aliphatic heterocycles. The summed E-state index contributed by atoms with van der Waals surface area (Å²) >= 11 is 0. The first-order chi connectivity index (χ1) is 9.31. The van der Waals surface area contributed by atoms with Gasteiger partial charge in [-0.2, -0.15) is 0 Å². The van der Waals surface area contributed by atoms with E-state index < -0.39 is 0 Å². The molecule has 0 radical (unpaired) electrons. The van der Waals surface area contributed by atoms with E-state index in [1.54, 1.807) is 7.11 Å². The van der Waals surface area contributed by atoms with Crippen molar-refractivity contribution in [3.05, 3.63) is 66.0 Å². The Hall–Kier alpha value is -1.71. The van der Waals surface area contributed by atoms with Gasteiger partial charge in [0.15, 0.2) is 0 Å². The molecule has 0 aliphatic rings. The maximum Gasteiger partial charge on any atom is 0.0752 e. The molecule has 3 nitrogen and oxygen atoms in total. The van der Waals surface area contributed by atoms with Gasteiger partial charge in [-0.15, -0.1) is 0 Å². The number of nitrogens with one attached hydrogen (secondary N) is 1. The summed E-state index contributed by atoms with van der Waals surface area (Å²) in [5.41, 5.74) is 2.24. The first kappa shape index (κ1) is 13.7. The molecular weight excluding hydrogens is 236 g/mol. The van der Waals surface area contributed by atoms with Crippen LogP contribution in [0.5, 0.6) is 0 Å². The second-order valence-electron chi connectivity index (χ2n) is 4.55. The van der Waals surface area contributed by atoms with Crippen LogP contribution in [0, 0.1) is 0 Å². The van der Waals surface area contributed by atoms with Crippen LogP contribution in [-0.2, 0) is 4.74 Å². The van der Waals surface area contributed by atoms with Gasteiger partial charge in [0.05, 0.1) is 17.8 Å².